The molecule has 19 heavy (non-hydrogen) atoms. The Hall–Kier alpha value is -1.63. The Bertz CT molecular complexity index is 584. The van der Waals surface area contributed by atoms with E-state index in [9.17, 15) is 13.2 Å². The normalized spacial score (nSPS) is 18.1. The molecule has 2 aromatic rings. The van der Waals surface area contributed by atoms with Crippen molar-refractivity contribution in [2.45, 2.75) is 24.9 Å². The molecule has 0 saturated carbocycles. The molecule has 0 atom stereocenters. The molecular weight excluding hydrogens is 257 g/mol. The lowest BCUT2D eigenvalue weighted by molar-refractivity contribution is -0.136. The van der Waals surface area contributed by atoms with E-state index in [0.717, 1.165) is 32.0 Å². The zero-order valence-corrected chi connectivity index (χ0v) is 10.1. The van der Waals surface area contributed by atoms with Crippen LogP contribution in [0.1, 0.15) is 30.1 Å². The van der Waals surface area contributed by atoms with Crippen molar-refractivity contribution in [1.82, 2.24) is 19.9 Å². The van der Waals surface area contributed by atoms with Crippen molar-refractivity contribution in [3.63, 3.8) is 0 Å². The number of alkyl halides is 3. The van der Waals surface area contributed by atoms with Crippen LogP contribution in [0.15, 0.2) is 18.3 Å². The largest absolute Gasteiger partial charge is 0.420 e. The lowest BCUT2D eigenvalue weighted by Gasteiger charge is -2.19. The maximum Gasteiger partial charge on any atom is 0.420 e. The molecule has 7 heteroatoms. The number of aromatic nitrogens is 3. The van der Waals surface area contributed by atoms with Gasteiger partial charge in [-0.1, -0.05) is 0 Å². The lowest BCUT2D eigenvalue weighted by Crippen LogP contribution is -2.27. The zero-order chi connectivity index (χ0) is 13.5. The van der Waals surface area contributed by atoms with Gasteiger partial charge >= 0.3 is 6.18 Å². The molecule has 3 rings (SSSR count). The molecule has 3 heterocycles. The van der Waals surface area contributed by atoms with Crippen LogP contribution in [0.4, 0.5) is 13.2 Å². The Morgan fingerprint density at radius 2 is 2.00 bits per heavy atom. The van der Waals surface area contributed by atoms with E-state index in [4.69, 9.17) is 0 Å². The highest BCUT2D eigenvalue weighted by Gasteiger charge is 2.34. The quantitative estimate of drug-likeness (QED) is 0.864. The first-order valence-corrected chi connectivity index (χ1v) is 6.19. The Morgan fingerprint density at radius 1 is 1.26 bits per heavy atom. The standard InChI is InChI=1S/C12H13F3N4/c13-12(14,15)9-2-1-7-19-11(9)17-10(18-19)8-3-5-16-6-4-8/h1-2,7-8,16H,3-6H2. The van der Waals surface area contributed by atoms with Gasteiger partial charge in [-0.15, -0.1) is 0 Å². The Morgan fingerprint density at radius 3 is 2.68 bits per heavy atom. The minimum atomic E-state index is -4.40. The van der Waals surface area contributed by atoms with Crippen molar-refractivity contribution in [2.75, 3.05) is 13.1 Å². The molecule has 4 nitrogen and oxygen atoms in total. The topological polar surface area (TPSA) is 42.2 Å². The smallest absolute Gasteiger partial charge is 0.317 e. The van der Waals surface area contributed by atoms with Gasteiger partial charge in [-0.25, -0.2) is 9.50 Å². The average Bonchev–Trinajstić information content (AvgIpc) is 2.82. The number of nitrogens with zero attached hydrogens (tertiary/aromatic N) is 3. The van der Waals surface area contributed by atoms with E-state index < -0.39 is 11.7 Å². The molecule has 0 unspecified atom stereocenters. The van der Waals surface area contributed by atoms with Crippen LogP contribution in [0.3, 0.4) is 0 Å². The summed E-state index contributed by atoms with van der Waals surface area (Å²) in [6.07, 6.45) is -1.18. The summed E-state index contributed by atoms with van der Waals surface area (Å²) in [5.41, 5.74) is -0.841. The van der Waals surface area contributed by atoms with Gasteiger partial charge in [0.15, 0.2) is 11.5 Å². The van der Waals surface area contributed by atoms with Gasteiger partial charge in [-0.3, -0.25) is 0 Å². The molecule has 0 spiro atoms. The van der Waals surface area contributed by atoms with Crippen LogP contribution in [0.2, 0.25) is 0 Å². The lowest BCUT2D eigenvalue weighted by atomic mass is 9.98. The number of hydrogen-bond acceptors (Lipinski definition) is 3. The first-order chi connectivity index (χ1) is 9.05. The minimum Gasteiger partial charge on any atom is -0.317 e. The third-order valence-corrected chi connectivity index (χ3v) is 3.39. The molecule has 0 amide bonds. The van der Waals surface area contributed by atoms with Crippen molar-refractivity contribution in [3.8, 4) is 0 Å². The van der Waals surface area contributed by atoms with Gasteiger partial charge in [0.25, 0.3) is 0 Å². The van der Waals surface area contributed by atoms with Crippen molar-refractivity contribution in [1.29, 1.82) is 0 Å². The van der Waals surface area contributed by atoms with Gasteiger partial charge in [0.2, 0.25) is 0 Å². The fourth-order valence-electron chi connectivity index (χ4n) is 2.40. The van der Waals surface area contributed by atoms with E-state index >= 15 is 0 Å². The van der Waals surface area contributed by atoms with E-state index in [0.29, 0.717) is 5.82 Å². The number of rotatable bonds is 1. The van der Waals surface area contributed by atoms with Gasteiger partial charge in [0, 0.05) is 12.1 Å². The van der Waals surface area contributed by atoms with Crippen LogP contribution in [0.25, 0.3) is 5.65 Å². The summed E-state index contributed by atoms with van der Waals surface area (Å²) >= 11 is 0. The number of hydrogen-bond donors (Lipinski definition) is 1. The molecule has 0 radical (unpaired) electrons. The Labute approximate surface area is 107 Å². The van der Waals surface area contributed by atoms with Crippen LogP contribution in [0, 0.1) is 0 Å². The highest BCUT2D eigenvalue weighted by molar-refractivity contribution is 5.48. The summed E-state index contributed by atoms with van der Waals surface area (Å²) in [5.74, 6) is 0.653. The fourth-order valence-corrected chi connectivity index (χ4v) is 2.40. The summed E-state index contributed by atoms with van der Waals surface area (Å²) in [5, 5.41) is 7.40. The summed E-state index contributed by atoms with van der Waals surface area (Å²) in [4.78, 5) is 4.11. The SMILES string of the molecule is FC(F)(F)c1cccn2nc(C3CCNCC3)nc12. The number of halogens is 3. The molecule has 2 aromatic heterocycles. The number of fused-ring (bicyclic) bond motifs is 1. The van der Waals surface area contributed by atoms with Crippen molar-refractivity contribution in [2.24, 2.45) is 0 Å². The van der Waals surface area contributed by atoms with E-state index in [1.54, 1.807) is 0 Å². The average molecular weight is 270 g/mol. The highest BCUT2D eigenvalue weighted by atomic mass is 19.4. The van der Waals surface area contributed by atoms with Crippen molar-refractivity contribution >= 4 is 5.65 Å². The molecule has 1 aliphatic heterocycles. The molecule has 0 aromatic carbocycles. The fraction of sp³-hybridized carbons (Fsp3) is 0.500. The molecule has 1 fully saturated rings. The van der Waals surface area contributed by atoms with E-state index in [1.165, 1.54) is 16.8 Å². The molecule has 0 aliphatic carbocycles. The second kappa shape index (κ2) is 4.48. The van der Waals surface area contributed by atoms with Crippen LogP contribution in [0.5, 0.6) is 0 Å². The van der Waals surface area contributed by atoms with Gasteiger partial charge in [0.05, 0.1) is 0 Å². The highest BCUT2D eigenvalue weighted by Crippen LogP contribution is 2.32. The minimum absolute atomic E-state index is 0.108. The van der Waals surface area contributed by atoms with Crippen LogP contribution >= 0.6 is 0 Å². The second-order valence-electron chi connectivity index (χ2n) is 4.68. The Kier molecular flexibility index (Phi) is 2.93. The van der Waals surface area contributed by atoms with E-state index in [2.05, 4.69) is 15.4 Å². The summed E-state index contributed by atoms with van der Waals surface area (Å²) in [7, 11) is 0. The van der Waals surface area contributed by atoms with Gasteiger partial charge in [-0.05, 0) is 38.1 Å². The molecule has 102 valence electrons. The maximum atomic E-state index is 12.9. The molecule has 0 bridgehead atoms. The molecular formula is C12H13F3N4. The van der Waals surface area contributed by atoms with Gasteiger partial charge < -0.3 is 5.32 Å². The summed E-state index contributed by atoms with van der Waals surface area (Å²) < 4.78 is 39.9. The molecule has 1 saturated heterocycles. The zero-order valence-electron chi connectivity index (χ0n) is 10.1. The number of nitrogens with one attached hydrogen (secondary N) is 1. The molecule has 1 N–H and O–H groups in total. The van der Waals surface area contributed by atoms with Gasteiger partial charge in [0.1, 0.15) is 5.56 Å². The van der Waals surface area contributed by atoms with Crippen LogP contribution < -0.4 is 5.32 Å². The molecule has 1 aliphatic rings. The summed E-state index contributed by atoms with van der Waals surface area (Å²) in [6, 6.07) is 2.38. The first kappa shape index (κ1) is 12.4. The number of piperidine rings is 1. The third-order valence-electron chi connectivity index (χ3n) is 3.39. The third kappa shape index (κ3) is 2.30. The predicted molar refractivity (Wildman–Crippen MR) is 62.8 cm³/mol. The Balaban J connectivity index is 2.05. The van der Waals surface area contributed by atoms with Crippen LogP contribution in [-0.2, 0) is 6.18 Å². The maximum absolute atomic E-state index is 12.9. The number of pyridine rings is 1. The van der Waals surface area contributed by atoms with E-state index in [1.807, 2.05) is 0 Å². The van der Waals surface area contributed by atoms with Crippen molar-refractivity contribution < 1.29 is 13.2 Å². The van der Waals surface area contributed by atoms with E-state index in [-0.39, 0.29) is 11.6 Å². The first-order valence-electron chi connectivity index (χ1n) is 6.19. The van der Waals surface area contributed by atoms with Gasteiger partial charge in [-0.2, -0.15) is 18.3 Å². The van der Waals surface area contributed by atoms with Crippen LogP contribution in [-0.4, -0.2) is 27.7 Å². The predicted octanol–water partition coefficient (Wildman–Crippen LogP) is 2.22. The monoisotopic (exact) mass is 270 g/mol. The summed E-state index contributed by atoms with van der Waals surface area (Å²) in [6.45, 7) is 1.71. The van der Waals surface area contributed by atoms with Crippen molar-refractivity contribution in [3.05, 3.63) is 29.7 Å². The second-order valence-corrected chi connectivity index (χ2v) is 4.68.